The summed E-state index contributed by atoms with van der Waals surface area (Å²) >= 11 is 0. The third-order valence-corrected chi connectivity index (χ3v) is 0. The summed E-state index contributed by atoms with van der Waals surface area (Å²) in [6.45, 7) is 0.972. The Morgan fingerprint density at radius 1 is 1.36 bits per heavy atom. The summed E-state index contributed by atoms with van der Waals surface area (Å²) in [5, 5.41) is 8.89. The van der Waals surface area contributed by atoms with Gasteiger partial charge in [0, 0.05) is 5.97 Å². The molecule has 5 nitrogen and oxygen atoms in total. The Hall–Kier alpha value is 2.49. The van der Waals surface area contributed by atoms with Crippen molar-refractivity contribution in [2.45, 2.75) is 6.92 Å². The molecule has 0 atom stereocenters. The minimum absolute atomic E-state index is 0. The van der Waals surface area contributed by atoms with Gasteiger partial charge in [-0.2, -0.15) is 0 Å². The molecule has 0 bridgehead atoms. The molecule has 0 aromatic rings. The molecule has 0 rings (SSSR count). The molecule has 0 aromatic carbocycles. The predicted octanol–water partition coefficient (Wildman–Crippen LogP) is -9.16. The SMILES string of the molecule is CC(=O)[O-].O.O=P[O-].[Na+].[Na+].[NaH]. The molecule has 0 fully saturated rings. The van der Waals surface area contributed by atoms with Gasteiger partial charge in [-0.3, -0.25) is 4.57 Å². The van der Waals surface area contributed by atoms with Crippen molar-refractivity contribution in [2.75, 3.05) is 0 Å². The van der Waals surface area contributed by atoms with Gasteiger partial charge in [0.2, 0.25) is 0 Å². The van der Waals surface area contributed by atoms with E-state index in [1.165, 1.54) is 0 Å². The zero-order chi connectivity index (χ0) is 6.28. The molecule has 0 aliphatic rings. The molecule has 0 spiro atoms. The van der Waals surface area contributed by atoms with Gasteiger partial charge in [0.25, 0.3) is 0 Å². The van der Waals surface area contributed by atoms with Gasteiger partial charge in [0.15, 0.2) is 0 Å². The van der Waals surface area contributed by atoms with Crippen LogP contribution in [0.4, 0.5) is 0 Å². The molecule has 11 heavy (non-hydrogen) atoms. The average molecular weight is 210 g/mol. The van der Waals surface area contributed by atoms with Crippen LogP contribution < -0.4 is 69.1 Å². The first-order valence-corrected chi connectivity index (χ1v) is 2.00. The van der Waals surface area contributed by atoms with Crippen molar-refractivity contribution in [3.8, 4) is 0 Å². The first kappa shape index (κ1) is 37.5. The van der Waals surface area contributed by atoms with Crippen LogP contribution in [0.3, 0.4) is 0 Å². The normalized spacial score (nSPS) is 4.18. The van der Waals surface area contributed by atoms with Crippen LogP contribution in [0.2, 0.25) is 0 Å². The van der Waals surface area contributed by atoms with E-state index in [0.29, 0.717) is 0 Å². The number of carbonyl (C=O) groups excluding carboxylic acids is 1. The fourth-order valence-electron chi connectivity index (χ4n) is 0. The molecular weight excluding hydrogens is 204 g/mol. The standard InChI is InChI=1S/C2H4O2.3Na.HO2P.H2O.H/c1-2(3)4;;;;1-3-2;;/h1H3,(H,3,4);;;;(H,1,2);1H2;/q;;2*+1;;;/p-2. The van der Waals surface area contributed by atoms with Gasteiger partial charge in [-0.05, 0) is 6.92 Å². The molecule has 0 aromatic heterocycles. The molecule has 9 heteroatoms. The second-order valence-electron chi connectivity index (χ2n) is 0.566. The maximum absolute atomic E-state index is 8.89. The number of carboxylic acid groups (broad SMARTS) is 1. The van der Waals surface area contributed by atoms with Gasteiger partial charge in [-0.15, -0.1) is 0 Å². The minimum atomic E-state index is -1.08. The van der Waals surface area contributed by atoms with Crippen LogP contribution in [-0.2, 0) is 9.36 Å². The first-order chi connectivity index (χ1) is 3.15. The Kier molecular flexibility index (Phi) is 134. The third kappa shape index (κ3) is 222. The fraction of sp³-hybridized carbons (Fsp3) is 0.500. The Balaban J connectivity index is -0.00000000848. The number of carbonyl (C=O) groups is 1. The van der Waals surface area contributed by atoms with Crippen molar-refractivity contribution < 1.29 is 84.0 Å². The molecule has 0 heterocycles. The zero-order valence-corrected chi connectivity index (χ0v) is 11.0. The average Bonchev–Trinajstić information content (AvgIpc) is 1.33. The van der Waals surface area contributed by atoms with Gasteiger partial charge in [-0.1, -0.05) is 0 Å². The van der Waals surface area contributed by atoms with Crippen molar-refractivity contribution in [1.29, 1.82) is 0 Å². The number of hydrogen-bond acceptors (Lipinski definition) is 4. The van der Waals surface area contributed by atoms with Gasteiger partial charge in [0.05, 0.1) is 8.69 Å². The van der Waals surface area contributed by atoms with Crippen molar-refractivity contribution in [1.82, 2.24) is 0 Å². The quantitative estimate of drug-likeness (QED) is 0.292. The van der Waals surface area contributed by atoms with Crippen LogP contribution >= 0.6 is 8.69 Å². The van der Waals surface area contributed by atoms with E-state index < -0.39 is 14.7 Å². The van der Waals surface area contributed by atoms with Crippen LogP contribution in [0.1, 0.15) is 6.92 Å². The van der Waals surface area contributed by atoms with Crippen molar-refractivity contribution in [3.63, 3.8) is 0 Å². The van der Waals surface area contributed by atoms with E-state index in [4.69, 9.17) is 19.4 Å². The molecule has 0 saturated carbocycles. The van der Waals surface area contributed by atoms with Crippen LogP contribution in [0.5, 0.6) is 0 Å². The molecule has 0 aliphatic heterocycles. The van der Waals surface area contributed by atoms with Crippen LogP contribution in [0, 0.1) is 0 Å². The van der Waals surface area contributed by atoms with E-state index in [9.17, 15) is 0 Å². The molecule has 0 radical (unpaired) electrons. The topological polar surface area (TPSA) is 112 Å². The van der Waals surface area contributed by atoms with Crippen molar-refractivity contribution in [3.05, 3.63) is 0 Å². The Morgan fingerprint density at radius 2 is 1.36 bits per heavy atom. The van der Waals surface area contributed by atoms with E-state index in [1.54, 1.807) is 0 Å². The van der Waals surface area contributed by atoms with Crippen molar-refractivity contribution >= 4 is 44.2 Å². The van der Waals surface area contributed by atoms with Gasteiger partial charge < -0.3 is 20.3 Å². The molecule has 0 saturated heterocycles. The van der Waals surface area contributed by atoms with E-state index >= 15 is 0 Å². The van der Waals surface area contributed by atoms with Gasteiger partial charge >= 0.3 is 88.7 Å². The van der Waals surface area contributed by atoms with E-state index in [1.807, 2.05) is 0 Å². The molecule has 0 unspecified atom stereocenters. The van der Waals surface area contributed by atoms with Gasteiger partial charge in [-0.25, -0.2) is 0 Å². The summed E-state index contributed by atoms with van der Waals surface area (Å²) in [6.07, 6.45) is 0. The van der Waals surface area contributed by atoms with Gasteiger partial charge in [0.1, 0.15) is 0 Å². The first-order valence-electron chi connectivity index (χ1n) is 1.27. The monoisotopic (exact) mass is 210 g/mol. The number of rotatable bonds is 0. The second kappa shape index (κ2) is 39.1. The summed E-state index contributed by atoms with van der Waals surface area (Å²) in [5.41, 5.74) is 0. The summed E-state index contributed by atoms with van der Waals surface area (Å²) in [5.74, 6) is -1.08. The number of aliphatic carboxylic acids is 1. The number of hydrogen-bond donors (Lipinski definition) is 0. The summed E-state index contributed by atoms with van der Waals surface area (Å²) in [4.78, 5) is 17.2. The molecular formula is C2H6Na3O5P. The number of carboxylic acids is 1. The molecule has 0 amide bonds. The maximum atomic E-state index is 8.89. The van der Waals surface area contributed by atoms with Crippen LogP contribution in [0.15, 0.2) is 0 Å². The van der Waals surface area contributed by atoms with Crippen LogP contribution in [0.25, 0.3) is 0 Å². The Labute approximate surface area is 133 Å². The summed E-state index contributed by atoms with van der Waals surface area (Å²) in [7, 11) is -1.08. The second-order valence-corrected chi connectivity index (χ2v) is 0.715. The fourth-order valence-corrected chi connectivity index (χ4v) is 0. The van der Waals surface area contributed by atoms with E-state index in [-0.39, 0.29) is 94.1 Å². The molecule has 52 valence electrons. The summed E-state index contributed by atoms with van der Waals surface area (Å²) < 4.78 is 8.35. The Morgan fingerprint density at radius 3 is 1.36 bits per heavy atom. The van der Waals surface area contributed by atoms with E-state index in [0.717, 1.165) is 6.92 Å². The van der Waals surface area contributed by atoms with Crippen LogP contribution in [-0.4, -0.2) is 41.0 Å². The molecule has 0 aliphatic carbocycles. The zero-order valence-electron chi connectivity index (χ0n) is 6.08. The predicted molar refractivity (Wildman–Crippen MR) is 29.1 cm³/mol. The molecule has 2 N–H and O–H groups in total. The Bertz CT molecular complexity index is 66.7. The third-order valence-electron chi connectivity index (χ3n) is 0. The van der Waals surface area contributed by atoms with E-state index in [2.05, 4.69) is 0 Å². The summed E-state index contributed by atoms with van der Waals surface area (Å²) in [6, 6.07) is 0. The van der Waals surface area contributed by atoms with Crippen molar-refractivity contribution in [2.24, 2.45) is 0 Å².